The minimum Gasteiger partial charge on any atom is -0.267 e. The van der Waals surface area contributed by atoms with Crippen LogP contribution in [0.2, 0.25) is 5.15 Å². The van der Waals surface area contributed by atoms with Crippen molar-refractivity contribution in [2.24, 2.45) is 7.05 Å². The Labute approximate surface area is 119 Å². The second kappa shape index (κ2) is 4.72. The monoisotopic (exact) mass is 289 g/mol. The minimum atomic E-state index is -0.185. The molecule has 0 saturated heterocycles. The van der Waals surface area contributed by atoms with E-state index in [2.05, 4.69) is 15.4 Å². The molecule has 0 saturated carbocycles. The van der Waals surface area contributed by atoms with Gasteiger partial charge in [0.2, 0.25) is 0 Å². The van der Waals surface area contributed by atoms with Gasteiger partial charge in [0.25, 0.3) is 5.56 Å². The molecule has 2 aromatic heterocycles. The number of benzene rings is 1. The number of halogens is 1. The molecule has 1 aromatic carbocycles. The van der Waals surface area contributed by atoms with Gasteiger partial charge in [-0.2, -0.15) is 5.10 Å². The van der Waals surface area contributed by atoms with E-state index in [1.54, 1.807) is 29.9 Å². The summed E-state index contributed by atoms with van der Waals surface area (Å²) in [5.41, 5.74) is 1.96. The number of aryl methyl sites for hydroxylation is 2. The molecule has 2 heterocycles. The molecule has 20 heavy (non-hydrogen) atoms. The number of rotatable bonds is 2. The highest BCUT2D eigenvalue weighted by atomic mass is 35.5. The lowest BCUT2D eigenvalue weighted by Gasteiger charge is -2.04. The van der Waals surface area contributed by atoms with Gasteiger partial charge >= 0.3 is 0 Å². The van der Waals surface area contributed by atoms with E-state index >= 15 is 0 Å². The van der Waals surface area contributed by atoms with Crippen molar-refractivity contribution >= 4 is 22.5 Å². The number of fused-ring (bicyclic) bond motifs is 1. The smallest absolute Gasteiger partial charge is 0.267 e. The van der Waals surface area contributed by atoms with Crippen molar-refractivity contribution in [3.63, 3.8) is 0 Å². The Bertz CT molecular complexity index is 852. The maximum atomic E-state index is 12.4. The Kier molecular flexibility index (Phi) is 3.02. The van der Waals surface area contributed by atoms with E-state index in [1.165, 1.54) is 4.68 Å². The van der Waals surface area contributed by atoms with Gasteiger partial charge in [-0.3, -0.25) is 9.48 Å². The second-order valence-corrected chi connectivity index (χ2v) is 4.91. The van der Waals surface area contributed by atoms with Gasteiger partial charge in [-0.1, -0.05) is 28.9 Å². The molecule has 0 unspecified atom stereocenters. The van der Waals surface area contributed by atoms with Crippen LogP contribution in [0.4, 0.5) is 0 Å². The maximum absolute atomic E-state index is 12.4. The van der Waals surface area contributed by atoms with Crippen molar-refractivity contribution < 1.29 is 0 Å². The van der Waals surface area contributed by atoms with Crippen LogP contribution in [0.3, 0.4) is 0 Å². The first-order valence-corrected chi connectivity index (χ1v) is 6.46. The summed E-state index contributed by atoms with van der Waals surface area (Å²) < 4.78 is 2.88. The van der Waals surface area contributed by atoms with E-state index in [0.29, 0.717) is 16.1 Å². The third-order valence-corrected chi connectivity index (χ3v) is 3.68. The number of nitrogens with zero attached hydrogens (tertiary/aromatic N) is 5. The molecule has 7 heteroatoms. The summed E-state index contributed by atoms with van der Waals surface area (Å²) in [7, 11) is 1.76. The molecule has 3 rings (SSSR count). The predicted octanol–water partition coefficient (Wildman–Crippen LogP) is 1.54. The zero-order chi connectivity index (χ0) is 14.3. The first kappa shape index (κ1) is 12.8. The molecule has 6 nitrogen and oxygen atoms in total. The molecule has 3 aromatic rings. The summed E-state index contributed by atoms with van der Waals surface area (Å²) in [6.07, 6.45) is 0. The van der Waals surface area contributed by atoms with Crippen molar-refractivity contribution in [1.29, 1.82) is 0 Å². The van der Waals surface area contributed by atoms with Crippen molar-refractivity contribution in [3.8, 4) is 0 Å². The minimum absolute atomic E-state index is 0.185. The molecule has 0 amide bonds. The van der Waals surface area contributed by atoms with E-state index in [0.717, 1.165) is 11.3 Å². The average molecular weight is 290 g/mol. The number of hydrogen-bond acceptors (Lipinski definition) is 4. The lowest BCUT2D eigenvalue weighted by atomic mass is 10.2. The summed E-state index contributed by atoms with van der Waals surface area (Å²) in [6.45, 7) is 2.11. The molecule has 102 valence electrons. The molecule has 0 spiro atoms. The summed E-state index contributed by atoms with van der Waals surface area (Å²) in [5, 5.41) is 13.3. The molecule has 0 fully saturated rings. The largest absolute Gasteiger partial charge is 0.277 e. The summed E-state index contributed by atoms with van der Waals surface area (Å²) in [6, 6.07) is 7.12. The SMILES string of the molecule is Cc1nn(C)c(Cl)c1Cn1nnc2ccccc2c1=O. The molecule has 0 atom stereocenters. The fourth-order valence-corrected chi connectivity index (χ4v) is 2.36. The first-order chi connectivity index (χ1) is 9.58. The van der Waals surface area contributed by atoms with Gasteiger partial charge in [0, 0.05) is 12.6 Å². The molecule has 0 aliphatic rings. The lowest BCUT2D eigenvalue weighted by molar-refractivity contribution is 0.599. The van der Waals surface area contributed by atoms with Crippen molar-refractivity contribution in [2.45, 2.75) is 13.5 Å². The molecule has 0 radical (unpaired) electrons. The lowest BCUT2D eigenvalue weighted by Crippen LogP contribution is -2.25. The van der Waals surface area contributed by atoms with Crippen LogP contribution < -0.4 is 5.56 Å². The summed E-state index contributed by atoms with van der Waals surface area (Å²) in [4.78, 5) is 12.4. The summed E-state index contributed by atoms with van der Waals surface area (Å²) >= 11 is 6.17. The van der Waals surface area contributed by atoms with Gasteiger partial charge in [-0.25, -0.2) is 4.68 Å². The summed E-state index contributed by atoms with van der Waals surface area (Å²) in [5.74, 6) is 0. The van der Waals surface area contributed by atoms with Crippen LogP contribution >= 0.6 is 11.6 Å². The van der Waals surface area contributed by atoms with Crippen LogP contribution in [0.5, 0.6) is 0 Å². The van der Waals surface area contributed by atoms with Gasteiger partial charge in [-0.15, -0.1) is 5.10 Å². The highest BCUT2D eigenvalue weighted by Crippen LogP contribution is 2.19. The van der Waals surface area contributed by atoms with E-state index in [4.69, 9.17) is 11.6 Å². The quantitative estimate of drug-likeness (QED) is 0.718. The fraction of sp³-hybridized carbons (Fsp3) is 0.231. The maximum Gasteiger partial charge on any atom is 0.277 e. The van der Waals surface area contributed by atoms with Crippen LogP contribution in [0.15, 0.2) is 29.1 Å². The Balaban J connectivity index is 2.12. The van der Waals surface area contributed by atoms with E-state index < -0.39 is 0 Å². The van der Waals surface area contributed by atoms with Crippen LogP contribution in [-0.2, 0) is 13.6 Å². The normalized spacial score (nSPS) is 11.2. The highest BCUT2D eigenvalue weighted by molar-refractivity contribution is 6.30. The second-order valence-electron chi connectivity index (χ2n) is 4.55. The molecule has 0 bridgehead atoms. The predicted molar refractivity (Wildman–Crippen MR) is 75.9 cm³/mol. The van der Waals surface area contributed by atoms with Crippen molar-refractivity contribution in [2.75, 3.05) is 0 Å². The van der Waals surface area contributed by atoms with Gasteiger partial charge in [0.15, 0.2) is 0 Å². The van der Waals surface area contributed by atoms with Gasteiger partial charge in [-0.05, 0) is 19.1 Å². The van der Waals surface area contributed by atoms with E-state index in [9.17, 15) is 4.79 Å². The Morgan fingerprint density at radius 2 is 2.05 bits per heavy atom. The molecule has 0 N–H and O–H groups in total. The van der Waals surface area contributed by atoms with Gasteiger partial charge < -0.3 is 0 Å². The number of aromatic nitrogens is 5. The Morgan fingerprint density at radius 1 is 1.30 bits per heavy atom. The van der Waals surface area contributed by atoms with Crippen LogP contribution in [-0.4, -0.2) is 24.8 Å². The topological polar surface area (TPSA) is 65.6 Å². The molecular formula is C13H12ClN5O. The highest BCUT2D eigenvalue weighted by Gasteiger charge is 2.14. The van der Waals surface area contributed by atoms with Crippen LogP contribution in [0.1, 0.15) is 11.3 Å². The molecule has 0 aliphatic carbocycles. The zero-order valence-corrected chi connectivity index (χ0v) is 11.8. The molecular weight excluding hydrogens is 278 g/mol. The standard InChI is InChI=1S/C13H12ClN5O/c1-8-10(12(14)18(2)16-8)7-19-13(20)9-5-3-4-6-11(9)15-17-19/h3-6H,7H2,1-2H3. The average Bonchev–Trinajstić information content (AvgIpc) is 2.68. The van der Waals surface area contributed by atoms with E-state index in [1.807, 2.05) is 13.0 Å². The molecule has 0 aliphatic heterocycles. The Morgan fingerprint density at radius 3 is 2.75 bits per heavy atom. The fourth-order valence-electron chi connectivity index (χ4n) is 2.13. The third-order valence-electron chi connectivity index (χ3n) is 3.21. The van der Waals surface area contributed by atoms with Crippen molar-refractivity contribution in [3.05, 3.63) is 51.0 Å². The Hall–Kier alpha value is -2.21. The van der Waals surface area contributed by atoms with Crippen molar-refractivity contribution in [1.82, 2.24) is 24.8 Å². The van der Waals surface area contributed by atoms with Gasteiger partial charge in [0.1, 0.15) is 10.7 Å². The number of hydrogen-bond donors (Lipinski definition) is 0. The van der Waals surface area contributed by atoms with Crippen LogP contribution in [0, 0.1) is 6.92 Å². The van der Waals surface area contributed by atoms with Gasteiger partial charge in [0.05, 0.1) is 17.6 Å². The van der Waals surface area contributed by atoms with E-state index in [-0.39, 0.29) is 12.1 Å². The van der Waals surface area contributed by atoms with Crippen LogP contribution in [0.25, 0.3) is 10.9 Å². The zero-order valence-electron chi connectivity index (χ0n) is 11.0. The first-order valence-electron chi connectivity index (χ1n) is 6.08. The third kappa shape index (κ3) is 1.98.